The van der Waals surface area contributed by atoms with Gasteiger partial charge in [0.15, 0.2) is 0 Å². The molecule has 0 unspecified atom stereocenters. The number of anilines is 2. The first-order valence-electron chi connectivity index (χ1n) is 10.0. The van der Waals surface area contributed by atoms with Gasteiger partial charge in [-0.2, -0.15) is 0 Å². The van der Waals surface area contributed by atoms with E-state index in [1.807, 2.05) is 67.3 Å². The van der Waals surface area contributed by atoms with Crippen LogP contribution in [0.4, 0.5) is 11.4 Å². The molecule has 28 heavy (non-hydrogen) atoms. The van der Waals surface area contributed by atoms with Gasteiger partial charge in [0.2, 0.25) is 5.91 Å². The average Bonchev–Trinajstić information content (AvgIpc) is 2.74. The molecular weight excluding hydrogens is 350 g/mol. The second-order valence-corrected chi connectivity index (χ2v) is 7.52. The van der Waals surface area contributed by atoms with Gasteiger partial charge >= 0.3 is 0 Å². The summed E-state index contributed by atoms with van der Waals surface area (Å²) in [5, 5.41) is 2.95. The number of hydrogen-bond donors (Lipinski definition) is 1. The lowest BCUT2D eigenvalue weighted by Crippen LogP contribution is -2.49. The number of nitrogens with zero attached hydrogens (tertiary/aromatic N) is 2. The van der Waals surface area contributed by atoms with Crippen molar-refractivity contribution in [1.29, 1.82) is 0 Å². The van der Waals surface area contributed by atoms with E-state index >= 15 is 0 Å². The highest BCUT2D eigenvalue weighted by Crippen LogP contribution is 2.20. The third kappa shape index (κ3) is 4.71. The minimum absolute atomic E-state index is 0.0487. The van der Waals surface area contributed by atoms with Gasteiger partial charge in [0, 0.05) is 49.0 Å². The van der Waals surface area contributed by atoms with E-state index in [1.165, 1.54) is 5.56 Å². The highest BCUT2D eigenvalue weighted by Gasteiger charge is 2.22. The van der Waals surface area contributed by atoms with Crippen molar-refractivity contribution >= 4 is 23.2 Å². The van der Waals surface area contributed by atoms with Crippen LogP contribution in [0.5, 0.6) is 0 Å². The van der Waals surface area contributed by atoms with Crippen LogP contribution in [0.25, 0.3) is 0 Å². The molecular formula is C23H29N3O2. The van der Waals surface area contributed by atoms with E-state index in [-0.39, 0.29) is 17.7 Å². The molecule has 0 aliphatic carbocycles. The minimum atomic E-state index is -0.101. The normalized spacial score (nSPS) is 14.3. The first-order valence-corrected chi connectivity index (χ1v) is 10.0. The zero-order chi connectivity index (χ0) is 20.1. The molecule has 5 nitrogen and oxygen atoms in total. The number of piperazine rings is 1. The number of amides is 2. The quantitative estimate of drug-likeness (QED) is 0.860. The number of carbonyl (C=O) groups excluding carboxylic acids is 2. The maximum absolute atomic E-state index is 12.4. The molecule has 1 saturated heterocycles. The Kier molecular flexibility index (Phi) is 6.34. The van der Waals surface area contributed by atoms with Crippen molar-refractivity contribution in [2.24, 2.45) is 5.92 Å². The summed E-state index contributed by atoms with van der Waals surface area (Å²) in [5.41, 5.74) is 3.77. The van der Waals surface area contributed by atoms with E-state index in [2.05, 4.69) is 17.1 Å². The predicted molar refractivity (Wildman–Crippen MR) is 114 cm³/mol. The molecule has 1 aliphatic heterocycles. The summed E-state index contributed by atoms with van der Waals surface area (Å²) < 4.78 is 0. The monoisotopic (exact) mass is 379 g/mol. The van der Waals surface area contributed by atoms with Gasteiger partial charge in [0.25, 0.3) is 5.91 Å². The van der Waals surface area contributed by atoms with Crippen molar-refractivity contribution in [2.75, 3.05) is 36.4 Å². The van der Waals surface area contributed by atoms with Gasteiger partial charge in [-0.3, -0.25) is 9.59 Å². The fourth-order valence-corrected chi connectivity index (χ4v) is 3.40. The molecule has 2 aromatic rings. The molecule has 0 radical (unpaired) electrons. The lowest BCUT2D eigenvalue weighted by atomic mass is 10.1. The van der Waals surface area contributed by atoms with Crippen molar-refractivity contribution in [3.8, 4) is 0 Å². The van der Waals surface area contributed by atoms with E-state index in [9.17, 15) is 9.59 Å². The van der Waals surface area contributed by atoms with Crippen molar-refractivity contribution in [1.82, 2.24) is 4.90 Å². The second kappa shape index (κ2) is 8.91. The predicted octanol–water partition coefficient (Wildman–Crippen LogP) is 3.81. The molecule has 0 atom stereocenters. The molecule has 0 bridgehead atoms. The standard InChI is InChI=1S/C23H29N3O2/c1-4-18-5-7-19(8-6-18)22(27)24-20-9-11-21(12-10-20)25-13-15-26(16-14-25)23(28)17(2)3/h5-12,17H,4,13-16H2,1-3H3,(H,24,27). The summed E-state index contributed by atoms with van der Waals surface area (Å²) in [7, 11) is 0. The fraction of sp³-hybridized carbons (Fsp3) is 0.391. The molecule has 1 aliphatic rings. The van der Waals surface area contributed by atoms with Crippen molar-refractivity contribution in [3.05, 3.63) is 59.7 Å². The van der Waals surface area contributed by atoms with Crippen LogP contribution in [-0.2, 0) is 11.2 Å². The van der Waals surface area contributed by atoms with E-state index < -0.39 is 0 Å². The molecule has 1 fully saturated rings. The zero-order valence-corrected chi connectivity index (χ0v) is 16.9. The Morgan fingerprint density at radius 3 is 2.07 bits per heavy atom. The molecule has 148 valence electrons. The summed E-state index contributed by atoms with van der Waals surface area (Å²) in [6.45, 7) is 9.15. The van der Waals surface area contributed by atoms with Gasteiger partial charge in [-0.15, -0.1) is 0 Å². The number of aryl methyl sites for hydroxylation is 1. The largest absolute Gasteiger partial charge is 0.368 e. The Bertz CT molecular complexity index is 805. The molecule has 2 aromatic carbocycles. The van der Waals surface area contributed by atoms with Gasteiger partial charge in [-0.25, -0.2) is 0 Å². The fourth-order valence-electron chi connectivity index (χ4n) is 3.40. The highest BCUT2D eigenvalue weighted by atomic mass is 16.2. The van der Waals surface area contributed by atoms with Gasteiger partial charge in [-0.05, 0) is 48.4 Å². The maximum Gasteiger partial charge on any atom is 0.255 e. The van der Waals surface area contributed by atoms with Crippen LogP contribution in [0.15, 0.2) is 48.5 Å². The molecule has 5 heteroatoms. The summed E-state index contributed by atoms with van der Waals surface area (Å²) in [4.78, 5) is 28.7. The van der Waals surface area contributed by atoms with Crippen LogP contribution in [0.1, 0.15) is 36.7 Å². The highest BCUT2D eigenvalue weighted by molar-refractivity contribution is 6.04. The Hall–Kier alpha value is -2.82. The lowest BCUT2D eigenvalue weighted by Gasteiger charge is -2.37. The van der Waals surface area contributed by atoms with Gasteiger partial charge in [-0.1, -0.05) is 32.9 Å². The molecule has 1 heterocycles. The number of nitrogens with one attached hydrogen (secondary N) is 1. The second-order valence-electron chi connectivity index (χ2n) is 7.52. The van der Waals surface area contributed by atoms with Gasteiger partial charge in [0.05, 0.1) is 0 Å². The van der Waals surface area contributed by atoms with Crippen LogP contribution in [0, 0.1) is 5.92 Å². The van der Waals surface area contributed by atoms with E-state index in [0.717, 1.165) is 44.0 Å². The molecule has 1 N–H and O–H groups in total. The molecule has 0 saturated carbocycles. The Balaban J connectivity index is 1.56. The van der Waals surface area contributed by atoms with Crippen LogP contribution in [-0.4, -0.2) is 42.9 Å². The first kappa shape index (κ1) is 19.9. The minimum Gasteiger partial charge on any atom is -0.368 e. The molecule has 2 amide bonds. The van der Waals surface area contributed by atoms with E-state index in [4.69, 9.17) is 0 Å². The third-order valence-corrected chi connectivity index (χ3v) is 5.20. The summed E-state index contributed by atoms with van der Waals surface area (Å²) in [6.07, 6.45) is 0.962. The molecule has 3 rings (SSSR count). The van der Waals surface area contributed by atoms with Crippen LogP contribution >= 0.6 is 0 Å². The smallest absolute Gasteiger partial charge is 0.255 e. The van der Waals surface area contributed by atoms with Crippen LogP contribution in [0.2, 0.25) is 0 Å². The van der Waals surface area contributed by atoms with Crippen molar-refractivity contribution in [2.45, 2.75) is 27.2 Å². The average molecular weight is 380 g/mol. The lowest BCUT2D eigenvalue weighted by molar-refractivity contribution is -0.134. The Morgan fingerprint density at radius 1 is 0.929 bits per heavy atom. The summed E-state index contributed by atoms with van der Waals surface area (Å²) >= 11 is 0. The Labute approximate surface area is 167 Å². The zero-order valence-electron chi connectivity index (χ0n) is 16.9. The van der Waals surface area contributed by atoms with Crippen molar-refractivity contribution in [3.63, 3.8) is 0 Å². The molecule has 0 aromatic heterocycles. The van der Waals surface area contributed by atoms with Crippen LogP contribution in [0.3, 0.4) is 0 Å². The number of benzene rings is 2. The SMILES string of the molecule is CCc1ccc(C(=O)Nc2ccc(N3CCN(C(=O)C(C)C)CC3)cc2)cc1. The maximum atomic E-state index is 12.4. The number of rotatable bonds is 5. The molecule has 0 spiro atoms. The number of carbonyl (C=O) groups is 2. The van der Waals surface area contributed by atoms with Gasteiger partial charge in [0.1, 0.15) is 0 Å². The Morgan fingerprint density at radius 2 is 1.54 bits per heavy atom. The summed E-state index contributed by atoms with van der Waals surface area (Å²) in [5.74, 6) is 0.175. The topological polar surface area (TPSA) is 52.7 Å². The third-order valence-electron chi connectivity index (χ3n) is 5.20. The van der Waals surface area contributed by atoms with E-state index in [0.29, 0.717) is 5.56 Å². The first-order chi connectivity index (χ1) is 13.5. The van der Waals surface area contributed by atoms with Crippen LogP contribution < -0.4 is 10.2 Å². The van der Waals surface area contributed by atoms with E-state index in [1.54, 1.807) is 0 Å². The van der Waals surface area contributed by atoms with Gasteiger partial charge < -0.3 is 15.1 Å². The number of hydrogen-bond acceptors (Lipinski definition) is 3. The van der Waals surface area contributed by atoms with Crippen molar-refractivity contribution < 1.29 is 9.59 Å². The summed E-state index contributed by atoms with van der Waals surface area (Å²) in [6, 6.07) is 15.6.